The van der Waals surface area contributed by atoms with Gasteiger partial charge in [-0.15, -0.1) is 12.6 Å². The smallest absolute Gasteiger partial charge is 0.336 e. The van der Waals surface area contributed by atoms with Crippen LogP contribution in [0, 0.1) is 11.3 Å². The summed E-state index contributed by atoms with van der Waals surface area (Å²) in [6, 6.07) is 9.21. The van der Waals surface area contributed by atoms with Gasteiger partial charge in [0.15, 0.2) is 0 Å². The fourth-order valence-corrected chi connectivity index (χ4v) is 2.97. The molecule has 1 heterocycles. The number of nitriles is 1. The summed E-state index contributed by atoms with van der Waals surface area (Å²) in [7, 11) is 0. The van der Waals surface area contributed by atoms with E-state index in [1.807, 2.05) is 6.07 Å². The van der Waals surface area contributed by atoms with Crippen LogP contribution in [0.2, 0.25) is 5.02 Å². The number of carbonyl (C=O) groups is 1. The number of rotatable bonds is 3. The lowest BCUT2D eigenvalue weighted by molar-refractivity contribution is -0.138. The van der Waals surface area contributed by atoms with Crippen LogP contribution in [0.15, 0.2) is 46.1 Å². The fraction of sp³-hybridized carbons (Fsp3) is 0.250. The van der Waals surface area contributed by atoms with E-state index in [4.69, 9.17) is 16.3 Å². The van der Waals surface area contributed by atoms with Gasteiger partial charge in [-0.1, -0.05) is 23.7 Å². The summed E-state index contributed by atoms with van der Waals surface area (Å²) in [6.07, 6.45) is 0. The number of hydrogen-bond acceptors (Lipinski definition) is 5. The largest absolute Gasteiger partial charge is 0.463 e. The number of esters is 1. The van der Waals surface area contributed by atoms with Crippen LogP contribution in [0.3, 0.4) is 0 Å². The van der Waals surface area contributed by atoms with Gasteiger partial charge in [0.05, 0.1) is 34.8 Å². The number of ether oxygens (including phenoxy) is 1. The van der Waals surface area contributed by atoms with Gasteiger partial charge in [-0.3, -0.25) is 0 Å². The average molecular weight is 335 g/mol. The van der Waals surface area contributed by atoms with Gasteiger partial charge in [-0.25, -0.2) is 4.79 Å². The summed E-state index contributed by atoms with van der Waals surface area (Å²) in [6.45, 7) is 3.76. The Hall–Kier alpha value is -1.90. The lowest BCUT2D eigenvalue weighted by atomic mass is 9.82. The highest BCUT2D eigenvalue weighted by atomic mass is 35.5. The summed E-state index contributed by atoms with van der Waals surface area (Å²) >= 11 is 10.4. The zero-order valence-corrected chi connectivity index (χ0v) is 13.8. The lowest BCUT2D eigenvalue weighted by Crippen LogP contribution is -2.28. The third-order valence-corrected chi connectivity index (χ3v) is 3.93. The second kappa shape index (κ2) is 6.91. The van der Waals surface area contributed by atoms with Crippen LogP contribution in [0.25, 0.3) is 0 Å². The Morgan fingerprint density at radius 2 is 2.27 bits per heavy atom. The van der Waals surface area contributed by atoms with E-state index in [2.05, 4.69) is 24.0 Å². The van der Waals surface area contributed by atoms with E-state index < -0.39 is 11.9 Å². The van der Waals surface area contributed by atoms with E-state index in [0.29, 0.717) is 26.9 Å². The molecule has 0 saturated carbocycles. The van der Waals surface area contributed by atoms with Crippen molar-refractivity contribution in [2.75, 3.05) is 6.61 Å². The first-order chi connectivity index (χ1) is 10.5. The van der Waals surface area contributed by atoms with Crippen LogP contribution in [-0.4, -0.2) is 12.6 Å². The number of benzene rings is 1. The van der Waals surface area contributed by atoms with Crippen LogP contribution in [0.4, 0.5) is 0 Å². The standard InChI is InChI=1S/C16H15ClN2O2S/c1-3-21-16(20)13-9(2)19-15(22)12(8-18)14(13)10-5-4-6-11(17)7-10/h4-7,14,19,22H,3H2,1-2H3/t14-/m1/s1. The van der Waals surface area contributed by atoms with Crippen LogP contribution in [-0.2, 0) is 9.53 Å². The van der Waals surface area contributed by atoms with Gasteiger partial charge >= 0.3 is 5.97 Å². The summed E-state index contributed by atoms with van der Waals surface area (Å²) in [4.78, 5) is 12.3. The van der Waals surface area contributed by atoms with Crippen molar-refractivity contribution in [2.24, 2.45) is 0 Å². The van der Waals surface area contributed by atoms with Crippen molar-refractivity contribution >= 4 is 30.2 Å². The second-order valence-corrected chi connectivity index (χ2v) is 5.63. The average Bonchev–Trinajstić information content (AvgIpc) is 2.46. The maximum absolute atomic E-state index is 12.3. The van der Waals surface area contributed by atoms with E-state index in [1.54, 1.807) is 32.0 Å². The Bertz CT molecular complexity index is 719. The van der Waals surface area contributed by atoms with Gasteiger partial charge in [0, 0.05) is 10.7 Å². The Labute approximate surface area is 139 Å². The Morgan fingerprint density at radius 1 is 1.55 bits per heavy atom. The Balaban J connectivity index is 2.62. The molecule has 0 amide bonds. The molecule has 1 aliphatic rings. The molecule has 0 fully saturated rings. The van der Waals surface area contributed by atoms with Crippen molar-refractivity contribution in [3.63, 3.8) is 0 Å². The molecule has 22 heavy (non-hydrogen) atoms. The quantitative estimate of drug-likeness (QED) is 0.655. The van der Waals surface area contributed by atoms with Gasteiger partial charge in [-0.05, 0) is 31.5 Å². The molecule has 1 N–H and O–H groups in total. The van der Waals surface area contributed by atoms with Crippen molar-refractivity contribution in [1.29, 1.82) is 5.26 Å². The number of allylic oxidation sites excluding steroid dienone is 2. The van der Waals surface area contributed by atoms with Crippen molar-refractivity contribution in [3.05, 3.63) is 56.7 Å². The van der Waals surface area contributed by atoms with Gasteiger partial charge in [0.1, 0.15) is 0 Å². The Morgan fingerprint density at radius 3 is 2.86 bits per heavy atom. The number of nitrogens with one attached hydrogen (secondary N) is 1. The van der Waals surface area contributed by atoms with E-state index >= 15 is 0 Å². The molecule has 6 heteroatoms. The molecular formula is C16H15ClN2O2S. The van der Waals surface area contributed by atoms with E-state index in [-0.39, 0.29) is 6.61 Å². The predicted molar refractivity (Wildman–Crippen MR) is 88.3 cm³/mol. The molecule has 114 valence electrons. The molecule has 1 aliphatic heterocycles. The fourth-order valence-electron chi connectivity index (χ4n) is 2.43. The van der Waals surface area contributed by atoms with Crippen LogP contribution >= 0.6 is 24.2 Å². The van der Waals surface area contributed by atoms with Gasteiger partial charge in [0.25, 0.3) is 0 Å². The van der Waals surface area contributed by atoms with Crippen molar-refractivity contribution in [1.82, 2.24) is 5.32 Å². The Kier molecular flexibility index (Phi) is 5.17. The highest BCUT2D eigenvalue weighted by molar-refractivity contribution is 7.84. The van der Waals surface area contributed by atoms with Crippen molar-refractivity contribution in [3.8, 4) is 6.07 Å². The molecule has 0 saturated heterocycles. The normalized spacial score (nSPS) is 17.9. The van der Waals surface area contributed by atoms with Gasteiger partial charge < -0.3 is 10.1 Å². The van der Waals surface area contributed by atoms with E-state index in [1.165, 1.54) is 0 Å². The van der Waals surface area contributed by atoms with Crippen molar-refractivity contribution < 1.29 is 9.53 Å². The first-order valence-electron chi connectivity index (χ1n) is 6.73. The number of nitrogens with zero attached hydrogens (tertiary/aromatic N) is 1. The topological polar surface area (TPSA) is 62.1 Å². The summed E-state index contributed by atoms with van der Waals surface area (Å²) in [5, 5.41) is 13.4. The molecule has 4 nitrogen and oxygen atoms in total. The predicted octanol–water partition coefficient (Wildman–Crippen LogP) is 3.53. The minimum absolute atomic E-state index is 0.261. The zero-order valence-electron chi connectivity index (χ0n) is 12.2. The highest BCUT2D eigenvalue weighted by Gasteiger charge is 2.34. The maximum atomic E-state index is 12.3. The maximum Gasteiger partial charge on any atom is 0.336 e. The second-order valence-electron chi connectivity index (χ2n) is 4.75. The molecule has 0 aliphatic carbocycles. The molecule has 0 radical (unpaired) electrons. The van der Waals surface area contributed by atoms with E-state index in [9.17, 15) is 10.1 Å². The molecule has 0 spiro atoms. The minimum atomic E-state index is -0.545. The number of halogens is 1. The summed E-state index contributed by atoms with van der Waals surface area (Å²) in [5.41, 5.74) is 2.13. The third-order valence-electron chi connectivity index (χ3n) is 3.34. The van der Waals surface area contributed by atoms with Crippen LogP contribution in [0.5, 0.6) is 0 Å². The first-order valence-corrected chi connectivity index (χ1v) is 7.55. The number of hydrogen-bond donors (Lipinski definition) is 2. The van der Waals surface area contributed by atoms with E-state index in [0.717, 1.165) is 5.56 Å². The molecule has 0 aromatic heterocycles. The number of carbonyl (C=O) groups excluding carboxylic acids is 1. The molecule has 0 unspecified atom stereocenters. The van der Waals surface area contributed by atoms with Crippen molar-refractivity contribution in [2.45, 2.75) is 19.8 Å². The molecular weight excluding hydrogens is 320 g/mol. The molecule has 0 bridgehead atoms. The number of thiol groups is 1. The van der Waals surface area contributed by atoms with Gasteiger partial charge in [0.2, 0.25) is 0 Å². The lowest BCUT2D eigenvalue weighted by Gasteiger charge is -2.28. The monoisotopic (exact) mass is 334 g/mol. The number of dihydropyridines is 1. The SMILES string of the molecule is CCOC(=O)C1=C(C)NC(S)=C(C#N)[C@H]1c1cccc(Cl)c1. The van der Waals surface area contributed by atoms with Crippen LogP contribution in [0.1, 0.15) is 25.3 Å². The highest BCUT2D eigenvalue weighted by Crippen LogP contribution is 2.39. The molecule has 1 aromatic carbocycles. The van der Waals surface area contributed by atoms with Gasteiger partial charge in [-0.2, -0.15) is 5.26 Å². The summed E-state index contributed by atoms with van der Waals surface area (Å²) in [5.74, 6) is -0.998. The molecule has 1 atom stereocenters. The third kappa shape index (κ3) is 3.13. The minimum Gasteiger partial charge on any atom is -0.463 e. The molecule has 1 aromatic rings. The first kappa shape index (κ1) is 16.5. The summed E-state index contributed by atoms with van der Waals surface area (Å²) < 4.78 is 5.14. The zero-order chi connectivity index (χ0) is 16.3. The molecule has 2 rings (SSSR count). The van der Waals surface area contributed by atoms with Crippen LogP contribution < -0.4 is 5.32 Å².